The van der Waals surface area contributed by atoms with E-state index in [0.717, 1.165) is 11.3 Å². The molecule has 1 unspecified atom stereocenters. The van der Waals surface area contributed by atoms with E-state index < -0.39 is 15.8 Å². The van der Waals surface area contributed by atoms with Crippen LogP contribution in [-0.2, 0) is 15.8 Å². The number of benzene rings is 1. The van der Waals surface area contributed by atoms with Gasteiger partial charge in [0, 0.05) is 11.3 Å². The molecule has 7 nitrogen and oxygen atoms in total. The zero-order valence-electron chi connectivity index (χ0n) is 13.0. The molecule has 1 aromatic rings. The monoisotopic (exact) mass is 326 g/mol. The van der Waals surface area contributed by atoms with Crippen molar-refractivity contribution in [2.24, 2.45) is 0 Å². The second-order valence-electron chi connectivity index (χ2n) is 4.36. The number of anilines is 1. The van der Waals surface area contributed by atoms with Gasteiger partial charge in [-0.15, -0.1) is 0 Å². The Morgan fingerprint density at radius 3 is 2.35 bits per heavy atom. The van der Waals surface area contributed by atoms with Crippen molar-refractivity contribution in [3.05, 3.63) is 23.8 Å². The van der Waals surface area contributed by atoms with Gasteiger partial charge in [-0.2, -0.15) is 8.42 Å². The SMILES string of the molecule is CNC1Nc2ccc(S(=O)(=O)O)cc2C1(NC)NC.[H-].[K+]. The van der Waals surface area contributed by atoms with Crippen molar-refractivity contribution in [1.29, 1.82) is 0 Å². The van der Waals surface area contributed by atoms with Gasteiger partial charge in [-0.3, -0.25) is 20.5 Å². The van der Waals surface area contributed by atoms with E-state index in [1.807, 2.05) is 0 Å². The molecule has 0 bridgehead atoms. The summed E-state index contributed by atoms with van der Waals surface area (Å²) in [4.78, 5) is -0.125. The third-order valence-corrected chi connectivity index (χ3v) is 4.37. The van der Waals surface area contributed by atoms with Gasteiger partial charge in [-0.05, 0) is 39.3 Å². The van der Waals surface area contributed by atoms with Crippen LogP contribution < -0.4 is 72.7 Å². The second kappa shape index (κ2) is 6.69. The first kappa shape index (κ1) is 18.5. The fraction of sp³-hybridized carbons (Fsp3) is 0.455. The normalized spacial score (nSPS) is 19.9. The van der Waals surface area contributed by atoms with E-state index in [0.29, 0.717) is 0 Å². The number of likely N-dealkylation sites (N-methyl/N-ethyl adjacent to an activating group) is 3. The zero-order valence-corrected chi connectivity index (χ0v) is 15.9. The van der Waals surface area contributed by atoms with Gasteiger partial charge in [0.15, 0.2) is 0 Å². The molecule has 5 N–H and O–H groups in total. The Bertz CT molecular complexity index is 595. The fourth-order valence-electron chi connectivity index (χ4n) is 2.53. The first-order chi connectivity index (χ1) is 8.89. The van der Waals surface area contributed by atoms with Gasteiger partial charge in [0.1, 0.15) is 11.8 Å². The van der Waals surface area contributed by atoms with Crippen molar-refractivity contribution in [3.63, 3.8) is 0 Å². The Morgan fingerprint density at radius 2 is 1.90 bits per heavy atom. The number of hydrogen-bond donors (Lipinski definition) is 5. The first-order valence-electron chi connectivity index (χ1n) is 5.82. The standard InChI is InChI=1S/C11H18N4O3S.K.H/c1-12-10-11(13-2,14-3)8-6-7(19(16,17)18)4-5-9(8)15-10;;/h4-6,10,12-15H,1-3H3,(H,16,17,18);;/q;+1;-1. The van der Waals surface area contributed by atoms with Crippen LogP contribution in [0.5, 0.6) is 0 Å². The molecule has 1 aliphatic rings. The minimum absolute atomic E-state index is 0. The van der Waals surface area contributed by atoms with Gasteiger partial charge < -0.3 is 6.74 Å². The fourth-order valence-corrected chi connectivity index (χ4v) is 3.03. The van der Waals surface area contributed by atoms with Crippen molar-refractivity contribution in [2.45, 2.75) is 16.7 Å². The predicted octanol–water partition coefficient (Wildman–Crippen LogP) is -3.39. The molecule has 0 fully saturated rings. The van der Waals surface area contributed by atoms with E-state index in [2.05, 4.69) is 21.3 Å². The zero-order chi connectivity index (χ0) is 14.3. The van der Waals surface area contributed by atoms with Gasteiger partial charge in [-0.1, -0.05) is 0 Å². The maximum absolute atomic E-state index is 11.3. The summed E-state index contributed by atoms with van der Waals surface area (Å²) >= 11 is 0. The maximum atomic E-state index is 11.3. The molecular weight excluding hydrogens is 307 g/mol. The molecule has 108 valence electrons. The van der Waals surface area contributed by atoms with Crippen LogP contribution in [0.15, 0.2) is 23.1 Å². The van der Waals surface area contributed by atoms with Crippen LogP contribution in [-0.4, -0.2) is 40.3 Å². The molecule has 0 aliphatic carbocycles. The molecule has 2 rings (SSSR count). The molecule has 9 heteroatoms. The van der Waals surface area contributed by atoms with Crippen LogP contribution >= 0.6 is 0 Å². The Balaban J connectivity index is 0.00000200. The van der Waals surface area contributed by atoms with Gasteiger partial charge >= 0.3 is 51.4 Å². The van der Waals surface area contributed by atoms with Crippen molar-refractivity contribution in [2.75, 3.05) is 26.5 Å². The Labute approximate surface area is 162 Å². The molecule has 0 amide bonds. The van der Waals surface area contributed by atoms with Crippen molar-refractivity contribution in [1.82, 2.24) is 16.0 Å². The van der Waals surface area contributed by atoms with Crippen molar-refractivity contribution >= 4 is 15.8 Å². The molecule has 1 aromatic carbocycles. The Hall–Kier alpha value is 0.446. The largest absolute Gasteiger partial charge is 1.00 e. The molecule has 0 aromatic heterocycles. The molecule has 0 saturated carbocycles. The van der Waals surface area contributed by atoms with Crippen LogP contribution in [0.1, 0.15) is 6.99 Å². The van der Waals surface area contributed by atoms with E-state index >= 15 is 0 Å². The predicted molar refractivity (Wildman–Crippen MR) is 73.6 cm³/mol. The summed E-state index contributed by atoms with van der Waals surface area (Å²) in [5.41, 5.74) is 0.868. The van der Waals surface area contributed by atoms with Crippen LogP contribution in [0, 0.1) is 0 Å². The van der Waals surface area contributed by atoms with Crippen molar-refractivity contribution in [3.8, 4) is 0 Å². The molecule has 0 radical (unpaired) electrons. The van der Waals surface area contributed by atoms with Crippen LogP contribution in [0.4, 0.5) is 5.69 Å². The second-order valence-corrected chi connectivity index (χ2v) is 5.78. The summed E-state index contributed by atoms with van der Waals surface area (Å²) in [5.74, 6) is 0. The summed E-state index contributed by atoms with van der Waals surface area (Å²) in [5, 5.41) is 12.7. The quantitative estimate of drug-likeness (QED) is 0.223. The number of rotatable bonds is 4. The van der Waals surface area contributed by atoms with Gasteiger partial charge in [0.2, 0.25) is 0 Å². The molecule has 1 aliphatic heterocycles. The Kier molecular flexibility index (Phi) is 6.19. The van der Waals surface area contributed by atoms with Gasteiger partial charge in [0.25, 0.3) is 10.1 Å². The molecule has 1 heterocycles. The minimum atomic E-state index is -4.22. The third kappa shape index (κ3) is 2.97. The molecular formula is C11H19KN4O3S. The van der Waals surface area contributed by atoms with Gasteiger partial charge in [-0.25, -0.2) is 0 Å². The number of hydrogen-bond acceptors (Lipinski definition) is 6. The van der Waals surface area contributed by atoms with Crippen LogP contribution in [0.25, 0.3) is 0 Å². The van der Waals surface area contributed by atoms with E-state index in [1.54, 1.807) is 27.2 Å². The van der Waals surface area contributed by atoms with Crippen LogP contribution in [0.2, 0.25) is 0 Å². The molecule has 20 heavy (non-hydrogen) atoms. The van der Waals surface area contributed by atoms with E-state index in [1.165, 1.54) is 12.1 Å². The topological polar surface area (TPSA) is 102 Å². The Morgan fingerprint density at radius 1 is 1.30 bits per heavy atom. The molecule has 1 atom stereocenters. The van der Waals surface area contributed by atoms with E-state index in [9.17, 15) is 8.42 Å². The average Bonchev–Trinajstić information content (AvgIpc) is 2.70. The number of nitrogens with one attached hydrogen (secondary N) is 4. The molecule has 0 spiro atoms. The maximum Gasteiger partial charge on any atom is 1.00 e. The third-order valence-electron chi connectivity index (χ3n) is 3.52. The summed E-state index contributed by atoms with van der Waals surface area (Å²) in [6.45, 7) is 0. The smallest absolute Gasteiger partial charge is 1.00 e. The first-order valence-corrected chi connectivity index (χ1v) is 7.26. The minimum Gasteiger partial charge on any atom is -1.00 e. The summed E-state index contributed by atoms with van der Waals surface area (Å²) in [6.07, 6.45) is -0.158. The summed E-state index contributed by atoms with van der Waals surface area (Å²) in [6, 6.07) is 4.47. The average molecular weight is 326 g/mol. The van der Waals surface area contributed by atoms with Crippen molar-refractivity contribution < 1.29 is 65.8 Å². The number of fused-ring (bicyclic) bond motifs is 1. The van der Waals surface area contributed by atoms with E-state index in [4.69, 9.17) is 4.55 Å². The summed E-state index contributed by atoms with van der Waals surface area (Å²) in [7, 11) is 1.13. The van der Waals surface area contributed by atoms with Gasteiger partial charge in [0.05, 0.1) is 4.90 Å². The van der Waals surface area contributed by atoms with E-state index in [-0.39, 0.29) is 63.9 Å². The summed E-state index contributed by atoms with van der Waals surface area (Å²) < 4.78 is 31.7. The van der Waals surface area contributed by atoms with Crippen LogP contribution in [0.3, 0.4) is 0 Å². The molecule has 0 saturated heterocycles.